The van der Waals surface area contributed by atoms with Gasteiger partial charge in [-0.05, 0) is 25.6 Å². The van der Waals surface area contributed by atoms with Crippen molar-refractivity contribution in [2.75, 3.05) is 20.8 Å². The topological polar surface area (TPSA) is 73.2 Å². The molecule has 1 aromatic heterocycles. The molecule has 0 atom stereocenters. The maximum Gasteiger partial charge on any atom is 0.134 e. The lowest BCUT2D eigenvalue weighted by atomic mass is 10.0. The highest BCUT2D eigenvalue weighted by molar-refractivity contribution is 5.73. The van der Waals surface area contributed by atoms with Gasteiger partial charge in [0.2, 0.25) is 0 Å². The third-order valence-electron chi connectivity index (χ3n) is 3.15. The van der Waals surface area contributed by atoms with E-state index in [0.29, 0.717) is 6.54 Å². The summed E-state index contributed by atoms with van der Waals surface area (Å²) in [7, 11) is 3.30. The van der Waals surface area contributed by atoms with Gasteiger partial charge < -0.3 is 20.2 Å². The van der Waals surface area contributed by atoms with Gasteiger partial charge in [-0.2, -0.15) is 0 Å². The molecule has 0 unspecified atom stereocenters. The summed E-state index contributed by atoms with van der Waals surface area (Å²) >= 11 is 0. The van der Waals surface area contributed by atoms with Crippen LogP contribution in [0.2, 0.25) is 0 Å². The van der Waals surface area contributed by atoms with E-state index in [1.54, 1.807) is 20.5 Å². The predicted molar refractivity (Wildman–Crippen MR) is 74.6 cm³/mol. The van der Waals surface area contributed by atoms with Crippen molar-refractivity contribution >= 4 is 0 Å². The molecular weight excluding hydrogens is 242 g/mol. The average molecular weight is 261 g/mol. The van der Waals surface area contributed by atoms with E-state index in [4.69, 9.17) is 15.2 Å². The molecule has 2 rings (SSSR count). The van der Waals surface area contributed by atoms with Gasteiger partial charge in [-0.25, -0.2) is 4.98 Å². The van der Waals surface area contributed by atoms with E-state index in [2.05, 4.69) is 9.97 Å². The van der Waals surface area contributed by atoms with E-state index in [1.165, 1.54) is 0 Å². The van der Waals surface area contributed by atoms with Crippen LogP contribution in [0, 0.1) is 6.92 Å². The number of imidazole rings is 1. The zero-order valence-corrected chi connectivity index (χ0v) is 11.5. The second-order valence-electron chi connectivity index (χ2n) is 4.24. The molecule has 0 aliphatic heterocycles. The molecule has 0 aliphatic carbocycles. The fraction of sp³-hybridized carbons (Fsp3) is 0.357. The van der Waals surface area contributed by atoms with E-state index in [0.717, 1.165) is 40.4 Å². The minimum Gasteiger partial charge on any atom is -0.496 e. The lowest BCUT2D eigenvalue weighted by molar-refractivity contribution is 0.390. The SMILES string of the molecule is COc1ccc(-c2nc[nH]c2CCN)c(OC)c1C. The van der Waals surface area contributed by atoms with Crippen molar-refractivity contribution in [3.8, 4) is 22.8 Å². The molecule has 0 saturated carbocycles. The number of nitrogens with two attached hydrogens (primary N) is 1. The number of aromatic amines is 1. The first-order valence-electron chi connectivity index (χ1n) is 6.17. The molecule has 3 N–H and O–H groups in total. The Hall–Kier alpha value is -2.01. The van der Waals surface area contributed by atoms with E-state index < -0.39 is 0 Å². The third kappa shape index (κ3) is 2.42. The molecule has 0 spiro atoms. The van der Waals surface area contributed by atoms with Crippen LogP contribution < -0.4 is 15.2 Å². The Bertz CT molecular complexity index is 564. The number of ether oxygens (including phenoxy) is 2. The summed E-state index contributed by atoms with van der Waals surface area (Å²) in [4.78, 5) is 7.50. The smallest absolute Gasteiger partial charge is 0.134 e. The molecule has 19 heavy (non-hydrogen) atoms. The first-order valence-corrected chi connectivity index (χ1v) is 6.17. The first-order chi connectivity index (χ1) is 9.22. The Morgan fingerprint density at radius 1 is 1.26 bits per heavy atom. The minimum atomic E-state index is 0.576. The second kappa shape index (κ2) is 5.75. The maximum atomic E-state index is 5.61. The van der Waals surface area contributed by atoms with Crippen molar-refractivity contribution in [2.24, 2.45) is 5.73 Å². The monoisotopic (exact) mass is 261 g/mol. The summed E-state index contributed by atoms with van der Waals surface area (Å²) in [5.74, 6) is 1.58. The summed E-state index contributed by atoms with van der Waals surface area (Å²) < 4.78 is 10.8. The number of nitrogens with zero attached hydrogens (tertiary/aromatic N) is 1. The average Bonchev–Trinajstić information content (AvgIpc) is 2.87. The van der Waals surface area contributed by atoms with E-state index in [1.807, 2.05) is 19.1 Å². The van der Waals surface area contributed by atoms with Crippen molar-refractivity contribution in [2.45, 2.75) is 13.3 Å². The van der Waals surface area contributed by atoms with Crippen LogP contribution in [-0.4, -0.2) is 30.7 Å². The van der Waals surface area contributed by atoms with Crippen LogP contribution in [-0.2, 0) is 6.42 Å². The number of methoxy groups -OCH3 is 2. The van der Waals surface area contributed by atoms with E-state index in [-0.39, 0.29) is 0 Å². The predicted octanol–water partition coefficient (Wildman–Crippen LogP) is 1.90. The van der Waals surface area contributed by atoms with Gasteiger partial charge in [-0.1, -0.05) is 0 Å². The molecule has 0 bridgehead atoms. The van der Waals surface area contributed by atoms with Crippen LogP contribution in [0.15, 0.2) is 18.5 Å². The highest BCUT2D eigenvalue weighted by atomic mass is 16.5. The number of rotatable bonds is 5. The van der Waals surface area contributed by atoms with Crippen LogP contribution >= 0.6 is 0 Å². The molecule has 0 fully saturated rings. The minimum absolute atomic E-state index is 0.576. The van der Waals surface area contributed by atoms with Gasteiger partial charge in [0.05, 0.1) is 26.2 Å². The van der Waals surface area contributed by atoms with Gasteiger partial charge in [0.1, 0.15) is 11.5 Å². The van der Waals surface area contributed by atoms with E-state index >= 15 is 0 Å². The third-order valence-corrected chi connectivity index (χ3v) is 3.15. The highest BCUT2D eigenvalue weighted by Gasteiger charge is 2.16. The van der Waals surface area contributed by atoms with Gasteiger partial charge >= 0.3 is 0 Å². The van der Waals surface area contributed by atoms with Gasteiger partial charge in [0.25, 0.3) is 0 Å². The number of nitrogens with one attached hydrogen (secondary N) is 1. The molecule has 5 nitrogen and oxygen atoms in total. The number of hydrogen-bond acceptors (Lipinski definition) is 4. The Morgan fingerprint density at radius 3 is 2.68 bits per heavy atom. The molecule has 0 amide bonds. The Balaban J connectivity index is 2.55. The number of H-pyrrole nitrogens is 1. The van der Waals surface area contributed by atoms with Crippen molar-refractivity contribution in [3.63, 3.8) is 0 Å². The van der Waals surface area contributed by atoms with Crippen LogP contribution in [0.25, 0.3) is 11.3 Å². The molecule has 2 aromatic rings. The summed E-state index contributed by atoms with van der Waals surface area (Å²) in [6.07, 6.45) is 2.43. The Kier molecular flexibility index (Phi) is 4.06. The van der Waals surface area contributed by atoms with E-state index in [9.17, 15) is 0 Å². The summed E-state index contributed by atoms with van der Waals surface area (Å²) in [5, 5.41) is 0. The number of benzene rings is 1. The van der Waals surface area contributed by atoms with Crippen molar-refractivity contribution in [3.05, 3.63) is 29.7 Å². The normalized spacial score (nSPS) is 10.5. The zero-order valence-electron chi connectivity index (χ0n) is 11.5. The summed E-state index contributed by atoms with van der Waals surface area (Å²) in [6.45, 7) is 2.54. The zero-order chi connectivity index (χ0) is 13.8. The van der Waals surface area contributed by atoms with Crippen molar-refractivity contribution < 1.29 is 9.47 Å². The molecule has 0 radical (unpaired) electrons. The standard InChI is InChI=1S/C14H19N3O2/c1-9-12(18-2)5-4-10(14(9)19-3)13-11(6-7-15)16-8-17-13/h4-5,8H,6-7,15H2,1-3H3,(H,16,17). The molecule has 0 aliphatic rings. The van der Waals surface area contributed by atoms with Crippen molar-refractivity contribution in [1.29, 1.82) is 0 Å². The summed E-state index contributed by atoms with van der Waals surface area (Å²) in [5.41, 5.74) is 9.43. The maximum absolute atomic E-state index is 5.61. The van der Waals surface area contributed by atoms with Gasteiger partial charge in [-0.3, -0.25) is 0 Å². The molecule has 102 valence electrons. The second-order valence-corrected chi connectivity index (χ2v) is 4.24. The molecule has 0 saturated heterocycles. The van der Waals surface area contributed by atoms with Crippen LogP contribution in [0.5, 0.6) is 11.5 Å². The lowest BCUT2D eigenvalue weighted by Crippen LogP contribution is -2.04. The highest BCUT2D eigenvalue weighted by Crippen LogP contribution is 2.37. The van der Waals surface area contributed by atoms with Gasteiger partial charge in [-0.15, -0.1) is 0 Å². The Morgan fingerprint density at radius 2 is 2.05 bits per heavy atom. The van der Waals surface area contributed by atoms with Crippen LogP contribution in [0.4, 0.5) is 0 Å². The molecular formula is C14H19N3O2. The van der Waals surface area contributed by atoms with Crippen molar-refractivity contribution in [1.82, 2.24) is 9.97 Å². The van der Waals surface area contributed by atoms with Gasteiger partial charge in [0, 0.05) is 23.2 Å². The fourth-order valence-electron chi connectivity index (χ4n) is 2.23. The largest absolute Gasteiger partial charge is 0.496 e. The van der Waals surface area contributed by atoms with Crippen LogP contribution in [0.1, 0.15) is 11.3 Å². The Labute approximate surface area is 112 Å². The molecule has 5 heteroatoms. The number of hydrogen-bond donors (Lipinski definition) is 2. The molecule has 1 aromatic carbocycles. The first kappa shape index (κ1) is 13.4. The summed E-state index contributed by atoms with van der Waals surface area (Å²) in [6, 6.07) is 3.88. The van der Waals surface area contributed by atoms with Gasteiger partial charge in [0.15, 0.2) is 0 Å². The number of aromatic nitrogens is 2. The lowest BCUT2D eigenvalue weighted by Gasteiger charge is -2.14. The van der Waals surface area contributed by atoms with Crippen LogP contribution in [0.3, 0.4) is 0 Å². The fourth-order valence-corrected chi connectivity index (χ4v) is 2.23. The quantitative estimate of drug-likeness (QED) is 0.862. The molecule has 1 heterocycles.